The van der Waals surface area contributed by atoms with Crippen molar-refractivity contribution in [3.8, 4) is 0 Å². The van der Waals surface area contributed by atoms with Crippen molar-refractivity contribution >= 4 is 16.9 Å². The van der Waals surface area contributed by atoms with Crippen molar-refractivity contribution in [1.29, 1.82) is 0 Å². The first kappa shape index (κ1) is 8.38. The zero-order valence-electron chi connectivity index (χ0n) is 7.42. The van der Waals surface area contributed by atoms with Gasteiger partial charge in [0.1, 0.15) is 0 Å². The van der Waals surface area contributed by atoms with Crippen molar-refractivity contribution < 1.29 is 0 Å². The van der Waals surface area contributed by atoms with Gasteiger partial charge in [-0.1, -0.05) is 18.7 Å². The number of piperazine rings is 1. The maximum atomic E-state index is 4.52. The lowest BCUT2D eigenvalue weighted by Crippen LogP contribution is -2.45. The fraction of sp³-hybridized carbons (Fsp3) is 0.875. The summed E-state index contributed by atoms with van der Waals surface area (Å²) in [5.41, 5.74) is 0. The number of amidine groups is 1. The van der Waals surface area contributed by atoms with E-state index in [2.05, 4.69) is 22.1 Å². The second kappa shape index (κ2) is 3.66. The fourth-order valence-electron chi connectivity index (χ4n) is 1.49. The van der Waals surface area contributed by atoms with Crippen LogP contribution in [0.25, 0.3) is 0 Å². The van der Waals surface area contributed by atoms with Gasteiger partial charge in [-0.15, -0.1) is 0 Å². The van der Waals surface area contributed by atoms with E-state index in [1.54, 1.807) is 0 Å². The van der Waals surface area contributed by atoms with Gasteiger partial charge in [0.25, 0.3) is 0 Å². The second-order valence-corrected chi connectivity index (χ2v) is 4.69. The molecule has 2 rings (SSSR count). The summed E-state index contributed by atoms with van der Waals surface area (Å²) in [6.07, 6.45) is 0. The van der Waals surface area contributed by atoms with Gasteiger partial charge in [-0.3, -0.25) is 4.99 Å². The lowest BCUT2D eigenvalue weighted by molar-refractivity contribution is 0.363. The van der Waals surface area contributed by atoms with Crippen LogP contribution in [-0.4, -0.2) is 48.0 Å². The Hall–Kier alpha value is -0.220. The number of aliphatic imine (C=N–C) groups is 1. The Morgan fingerprint density at radius 1 is 1.50 bits per heavy atom. The first-order chi connectivity index (χ1) is 5.86. The highest BCUT2D eigenvalue weighted by molar-refractivity contribution is 8.14. The molecule has 68 valence electrons. The summed E-state index contributed by atoms with van der Waals surface area (Å²) in [6, 6.07) is 0. The molecule has 4 heteroatoms. The first-order valence-corrected chi connectivity index (χ1v) is 5.41. The highest BCUT2D eigenvalue weighted by atomic mass is 32.2. The molecule has 0 aromatic heterocycles. The van der Waals surface area contributed by atoms with Gasteiger partial charge in [0.15, 0.2) is 5.17 Å². The zero-order chi connectivity index (χ0) is 8.39. The summed E-state index contributed by atoms with van der Waals surface area (Å²) >= 11 is 1.92. The van der Waals surface area contributed by atoms with Crippen LogP contribution < -0.4 is 5.32 Å². The molecule has 0 spiro atoms. The number of rotatable bonds is 0. The smallest absolute Gasteiger partial charge is 0.159 e. The Morgan fingerprint density at radius 3 is 2.83 bits per heavy atom. The van der Waals surface area contributed by atoms with E-state index in [0.717, 1.165) is 32.7 Å². The fourth-order valence-corrected chi connectivity index (χ4v) is 2.48. The van der Waals surface area contributed by atoms with Crippen molar-refractivity contribution in [2.24, 2.45) is 4.99 Å². The summed E-state index contributed by atoms with van der Waals surface area (Å²) in [5.74, 6) is 0. The van der Waals surface area contributed by atoms with Gasteiger partial charge in [-0.25, -0.2) is 0 Å². The molecule has 0 bridgehead atoms. The zero-order valence-corrected chi connectivity index (χ0v) is 8.23. The molecule has 1 N–H and O–H groups in total. The van der Waals surface area contributed by atoms with Crippen LogP contribution in [0.5, 0.6) is 0 Å². The van der Waals surface area contributed by atoms with Crippen molar-refractivity contribution in [3.05, 3.63) is 0 Å². The third kappa shape index (κ3) is 1.75. The number of hydrogen-bond donors (Lipinski definition) is 1. The van der Waals surface area contributed by atoms with Crippen LogP contribution in [0.4, 0.5) is 0 Å². The van der Waals surface area contributed by atoms with Crippen LogP contribution in [0.3, 0.4) is 0 Å². The van der Waals surface area contributed by atoms with Gasteiger partial charge < -0.3 is 10.2 Å². The third-order valence-electron chi connectivity index (χ3n) is 2.18. The van der Waals surface area contributed by atoms with Crippen molar-refractivity contribution in [2.75, 3.05) is 32.7 Å². The topological polar surface area (TPSA) is 27.6 Å². The summed E-state index contributed by atoms with van der Waals surface area (Å²) in [4.78, 5) is 6.91. The molecule has 2 heterocycles. The van der Waals surface area contributed by atoms with E-state index in [1.807, 2.05) is 11.8 Å². The molecular weight excluding hydrogens is 170 g/mol. The molecule has 0 aromatic rings. The van der Waals surface area contributed by atoms with Crippen LogP contribution in [0.2, 0.25) is 0 Å². The summed E-state index contributed by atoms with van der Waals surface area (Å²) < 4.78 is 0. The standard InChI is InChI=1S/C8H15N3S/c1-7-6-10-8(12-7)11-4-2-9-3-5-11/h7,9H,2-6H2,1H3/t7-/m1/s1. The third-order valence-corrected chi connectivity index (χ3v) is 3.33. The second-order valence-electron chi connectivity index (χ2n) is 3.29. The normalized spacial score (nSPS) is 30.6. The van der Waals surface area contributed by atoms with Crippen molar-refractivity contribution in [3.63, 3.8) is 0 Å². The molecule has 0 aromatic carbocycles. The van der Waals surface area contributed by atoms with Crippen molar-refractivity contribution in [2.45, 2.75) is 12.2 Å². The van der Waals surface area contributed by atoms with E-state index in [9.17, 15) is 0 Å². The van der Waals surface area contributed by atoms with Crippen LogP contribution in [0.15, 0.2) is 4.99 Å². The molecule has 12 heavy (non-hydrogen) atoms. The minimum Gasteiger partial charge on any atom is -0.349 e. The molecule has 0 unspecified atom stereocenters. The lowest BCUT2D eigenvalue weighted by atomic mass is 10.4. The largest absolute Gasteiger partial charge is 0.349 e. The molecule has 0 radical (unpaired) electrons. The number of nitrogens with one attached hydrogen (secondary N) is 1. The molecular formula is C8H15N3S. The molecule has 1 atom stereocenters. The van der Waals surface area contributed by atoms with E-state index >= 15 is 0 Å². The Bertz CT molecular complexity index is 187. The van der Waals surface area contributed by atoms with E-state index in [-0.39, 0.29) is 0 Å². The van der Waals surface area contributed by atoms with Crippen molar-refractivity contribution in [1.82, 2.24) is 10.2 Å². The Labute approximate surface area is 77.6 Å². The summed E-state index contributed by atoms with van der Waals surface area (Å²) in [6.45, 7) is 7.70. The van der Waals surface area contributed by atoms with Gasteiger partial charge in [0.2, 0.25) is 0 Å². The van der Waals surface area contributed by atoms with Gasteiger partial charge >= 0.3 is 0 Å². The SMILES string of the molecule is C[C@@H]1CN=C(N2CCNCC2)S1. The molecule has 3 nitrogen and oxygen atoms in total. The van der Waals surface area contributed by atoms with E-state index in [0.29, 0.717) is 5.25 Å². The first-order valence-electron chi connectivity index (χ1n) is 4.53. The maximum Gasteiger partial charge on any atom is 0.159 e. The van der Waals surface area contributed by atoms with Crippen LogP contribution in [0.1, 0.15) is 6.92 Å². The maximum absolute atomic E-state index is 4.52. The highest BCUT2D eigenvalue weighted by Crippen LogP contribution is 2.22. The molecule has 1 saturated heterocycles. The van der Waals surface area contributed by atoms with Gasteiger partial charge in [0.05, 0.1) is 6.54 Å². The average Bonchev–Trinajstić information content (AvgIpc) is 2.54. The lowest BCUT2D eigenvalue weighted by Gasteiger charge is -2.28. The molecule has 1 fully saturated rings. The van der Waals surface area contributed by atoms with Crippen LogP contribution >= 0.6 is 11.8 Å². The molecule has 0 aliphatic carbocycles. The Balaban J connectivity index is 1.91. The quantitative estimate of drug-likeness (QED) is 0.591. The molecule has 0 amide bonds. The predicted octanol–water partition coefficient (Wildman–Crippen LogP) is 0.383. The number of hydrogen-bond acceptors (Lipinski definition) is 4. The van der Waals surface area contributed by atoms with Gasteiger partial charge in [0, 0.05) is 31.4 Å². The molecule has 0 saturated carbocycles. The summed E-state index contributed by atoms with van der Waals surface area (Å²) in [5, 5.41) is 5.30. The monoisotopic (exact) mass is 185 g/mol. The number of thioether (sulfide) groups is 1. The van der Waals surface area contributed by atoms with Gasteiger partial charge in [-0.05, 0) is 0 Å². The Kier molecular flexibility index (Phi) is 2.56. The molecule has 2 aliphatic heterocycles. The average molecular weight is 185 g/mol. The van der Waals surface area contributed by atoms with Crippen LogP contribution in [-0.2, 0) is 0 Å². The minimum absolute atomic E-state index is 0.690. The Morgan fingerprint density at radius 2 is 2.25 bits per heavy atom. The molecule has 2 aliphatic rings. The number of nitrogens with zero attached hydrogens (tertiary/aromatic N) is 2. The van der Waals surface area contributed by atoms with E-state index in [1.165, 1.54) is 5.17 Å². The van der Waals surface area contributed by atoms with Crippen LogP contribution in [0, 0.1) is 0 Å². The van der Waals surface area contributed by atoms with E-state index in [4.69, 9.17) is 0 Å². The summed E-state index contributed by atoms with van der Waals surface area (Å²) in [7, 11) is 0. The predicted molar refractivity (Wildman–Crippen MR) is 53.8 cm³/mol. The minimum atomic E-state index is 0.690. The van der Waals surface area contributed by atoms with E-state index < -0.39 is 0 Å². The van der Waals surface area contributed by atoms with Gasteiger partial charge in [-0.2, -0.15) is 0 Å². The highest BCUT2D eigenvalue weighted by Gasteiger charge is 2.21.